The smallest absolute Gasteiger partial charge is 0.257 e. The first-order valence-corrected chi connectivity index (χ1v) is 7.59. The summed E-state index contributed by atoms with van der Waals surface area (Å²) >= 11 is 5.12. The highest BCUT2D eigenvalue weighted by atomic mass is 32.1. The van der Waals surface area contributed by atoms with Crippen LogP contribution in [-0.2, 0) is 0 Å². The second-order valence-corrected chi connectivity index (χ2v) is 5.33. The lowest BCUT2D eigenvalue weighted by Crippen LogP contribution is -2.34. The number of anilines is 1. The Morgan fingerprint density at radius 1 is 1.04 bits per heavy atom. The fourth-order valence-corrected chi connectivity index (χ4v) is 2.28. The quantitative estimate of drug-likeness (QED) is 0.705. The minimum absolute atomic E-state index is 0.0282. The number of methoxy groups -OCH3 is 2. The van der Waals surface area contributed by atoms with Crippen LogP contribution in [-0.4, -0.2) is 31.1 Å². The zero-order chi connectivity index (χ0) is 18.4. The van der Waals surface area contributed by atoms with E-state index < -0.39 is 11.8 Å². The average molecular weight is 359 g/mol. The number of carbonyl (C=O) groups excluding carboxylic acids is 2. The molecule has 0 atom stereocenters. The van der Waals surface area contributed by atoms with Crippen molar-refractivity contribution in [3.8, 4) is 11.5 Å². The van der Waals surface area contributed by atoms with E-state index in [0.29, 0.717) is 22.7 Å². The molecule has 0 bridgehead atoms. The average Bonchev–Trinajstić information content (AvgIpc) is 2.61. The third-order valence-corrected chi connectivity index (χ3v) is 3.49. The van der Waals surface area contributed by atoms with E-state index in [1.54, 1.807) is 42.5 Å². The first-order chi connectivity index (χ1) is 11.9. The molecule has 0 aliphatic rings. The molecule has 130 valence electrons. The molecular weight excluding hydrogens is 342 g/mol. The maximum Gasteiger partial charge on any atom is 0.257 e. The van der Waals surface area contributed by atoms with E-state index in [0.717, 1.165) is 0 Å². The van der Waals surface area contributed by atoms with Gasteiger partial charge >= 0.3 is 0 Å². The van der Waals surface area contributed by atoms with Crippen molar-refractivity contribution in [1.82, 2.24) is 5.32 Å². The van der Waals surface area contributed by atoms with E-state index in [-0.39, 0.29) is 10.7 Å². The van der Waals surface area contributed by atoms with Crippen molar-refractivity contribution in [2.75, 3.05) is 19.5 Å². The lowest BCUT2D eigenvalue weighted by Gasteiger charge is -2.13. The molecule has 0 saturated carbocycles. The molecule has 2 aromatic rings. The van der Waals surface area contributed by atoms with Gasteiger partial charge in [0.2, 0.25) is 0 Å². The summed E-state index contributed by atoms with van der Waals surface area (Å²) < 4.78 is 10.3. The van der Waals surface area contributed by atoms with Crippen molar-refractivity contribution in [1.29, 1.82) is 0 Å². The number of amides is 2. The Bertz CT molecular complexity index is 801. The molecule has 0 heterocycles. The van der Waals surface area contributed by atoms with Gasteiger partial charge < -0.3 is 20.5 Å². The van der Waals surface area contributed by atoms with Crippen LogP contribution in [0.1, 0.15) is 20.7 Å². The summed E-state index contributed by atoms with van der Waals surface area (Å²) in [6.45, 7) is 0. The molecule has 0 fully saturated rings. The molecule has 2 aromatic carbocycles. The summed E-state index contributed by atoms with van der Waals surface area (Å²) in [7, 11) is 2.98. The van der Waals surface area contributed by atoms with E-state index in [1.165, 1.54) is 14.2 Å². The normalized spacial score (nSPS) is 9.84. The van der Waals surface area contributed by atoms with Gasteiger partial charge in [-0.1, -0.05) is 12.1 Å². The Hall–Kier alpha value is -3.13. The van der Waals surface area contributed by atoms with E-state index in [2.05, 4.69) is 10.6 Å². The number of hydrogen-bond donors (Lipinski definition) is 3. The third kappa shape index (κ3) is 4.67. The van der Waals surface area contributed by atoms with Gasteiger partial charge in [0.1, 0.15) is 11.5 Å². The van der Waals surface area contributed by atoms with Gasteiger partial charge in [-0.05, 0) is 36.5 Å². The molecule has 2 rings (SSSR count). The zero-order valence-electron chi connectivity index (χ0n) is 13.7. The van der Waals surface area contributed by atoms with Crippen molar-refractivity contribution in [3.63, 3.8) is 0 Å². The molecule has 0 aliphatic heterocycles. The van der Waals surface area contributed by atoms with Gasteiger partial charge in [-0.3, -0.25) is 14.9 Å². The standard InChI is InChI=1S/C17H17N3O4S/c1-23-11-7-10(8-12(9-11)24-2)16(22)20-17(25)19-14-6-4-3-5-13(14)15(18)21/h3-9H,1-2H3,(H2,18,21)(H2,19,20,22,25). The summed E-state index contributed by atoms with van der Waals surface area (Å²) in [6, 6.07) is 11.3. The number of hydrogen-bond acceptors (Lipinski definition) is 5. The molecular formula is C17H17N3O4S. The highest BCUT2D eigenvalue weighted by Crippen LogP contribution is 2.22. The highest BCUT2D eigenvalue weighted by Gasteiger charge is 2.13. The number of para-hydroxylation sites is 1. The Balaban J connectivity index is 2.13. The summed E-state index contributed by atoms with van der Waals surface area (Å²) in [6.07, 6.45) is 0. The predicted octanol–water partition coefficient (Wildman–Crippen LogP) is 1.93. The molecule has 4 N–H and O–H groups in total. The Labute approximate surface area is 150 Å². The molecule has 0 unspecified atom stereocenters. The molecule has 0 saturated heterocycles. The van der Waals surface area contributed by atoms with Gasteiger partial charge in [-0.15, -0.1) is 0 Å². The molecule has 2 amide bonds. The van der Waals surface area contributed by atoms with Crippen LogP contribution in [0.4, 0.5) is 5.69 Å². The zero-order valence-corrected chi connectivity index (χ0v) is 14.5. The summed E-state index contributed by atoms with van der Waals surface area (Å²) in [5.74, 6) is -0.106. The van der Waals surface area contributed by atoms with Crippen molar-refractivity contribution in [2.24, 2.45) is 5.73 Å². The number of carbonyl (C=O) groups is 2. The Kier molecular flexibility index (Phi) is 5.91. The van der Waals surface area contributed by atoms with Gasteiger partial charge in [0, 0.05) is 11.6 Å². The number of thiocarbonyl (C=S) groups is 1. The summed E-state index contributed by atoms with van der Waals surface area (Å²) in [4.78, 5) is 23.8. The SMILES string of the molecule is COc1cc(OC)cc(C(=O)NC(=S)Nc2ccccc2C(N)=O)c1. The van der Waals surface area contributed by atoms with Crippen LogP contribution in [0.25, 0.3) is 0 Å². The van der Waals surface area contributed by atoms with E-state index in [1.807, 2.05) is 0 Å². The van der Waals surface area contributed by atoms with Gasteiger partial charge in [0.25, 0.3) is 11.8 Å². The third-order valence-electron chi connectivity index (χ3n) is 3.28. The first kappa shape index (κ1) is 18.2. The summed E-state index contributed by atoms with van der Waals surface area (Å²) in [5, 5.41) is 5.35. The van der Waals surface area contributed by atoms with Crippen LogP contribution in [0.15, 0.2) is 42.5 Å². The van der Waals surface area contributed by atoms with E-state index >= 15 is 0 Å². The molecule has 0 aromatic heterocycles. The lowest BCUT2D eigenvalue weighted by atomic mass is 10.1. The maximum absolute atomic E-state index is 12.4. The largest absolute Gasteiger partial charge is 0.497 e. The molecule has 25 heavy (non-hydrogen) atoms. The van der Waals surface area contributed by atoms with Crippen LogP contribution >= 0.6 is 12.2 Å². The highest BCUT2D eigenvalue weighted by molar-refractivity contribution is 7.80. The maximum atomic E-state index is 12.4. The first-order valence-electron chi connectivity index (χ1n) is 7.19. The van der Waals surface area contributed by atoms with Crippen LogP contribution in [0, 0.1) is 0 Å². The monoisotopic (exact) mass is 359 g/mol. The Morgan fingerprint density at radius 3 is 2.20 bits per heavy atom. The molecule has 7 nitrogen and oxygen atoms in total. The minimum atomic E-state index is -0.602. The van der Waals surface area contributed by atoms with Gasteiger partial charge in [-0.2, -0.15) is 0 Å². The van der Waals surface area contributed by atoms with E-state index in [4.69, 9.17) is 27.4 Å². The van der Waals surface area contributed by atoms with Gasteiger partial charge in [0.05, 0.1) is 25.5 Å². The number of nitrogens with two attached hydrogens (primary N) is 1. The minimum Gasteiger partial charge on any atom is -0.497 e. The fourth-order valence-electron chi connectivity index (χ4n) is 2.07. The number of benzene rings is 2. The van der Waals surface area contributed by atoms with Crippen molar-refractivity contribution in [2.45, 2.75) is 0 Å². The number of nitrogens with one attached hydrogen (secondary N) is 2. The second-order valence-electron chi connectivity index (χ2n) is 4.92. The second kappa shape index (κ2) is 8.11. The van der Waals surface area contributed by atoms with Crippen LogP contribution in [0.2, 0.25) is 0 Å². The lowest BCUT2D eigenvalue weighted by molar-refractivity contribution is 0.0975. The van der Waals surface area contributed by atoms with Gasteiger partial charge in [0.15, 0.2) is 5.11 Å². The number of ether oxygens (including phenoxy) is 2. The number of rotatable bonds is 5. The van der Waals surface area contributed by atoms with Crippen molar-refractivity contribution in [3.05, 3.63) is 53.6 Å². The molecule has 0 radical (unpaired) electrons. The van der Waals surface area contributed by atoms with Crippen LogP contribution in [0.3, 0.4) is 0 Å². The van der Waals surface area contributed by atoms with E-state index in [9.17, 15) is 9.59 Å². The number of primary amides is 1. The molecule has 0 spiro atoms. The Morgan fingerprint density at radius 2 is 1.64 bits per heavy atom. The molecule has 0 aliphatic carbocycles. The van der Waals surface area contributed by atoms with Gasteiger partial charge in [-0.25, -0.2) is 0 Å². The predicted molar refractivity (Wildman–Crippen MR) is 98.2 cm³/mol. The van der Waals surface area contributed by atoms with Crippen molar-refractivity contribution >= 4 is 34.8 Å². The molecule has 8 heteroatoms. The van der Waals surface area contributed by atoms with Crippen LogP contribution in [0.5, 0.6) is 11.5 Å². The topological polar surface area (TPSA) is 103 Å². The van der Waals surface area contributed by atoms with Crippen molar-refractivity contribution < 1.29 is 19.1 Å². The fraction of sp³-hybridized carbons (Fsp3) is 0.118. The summed E-state index contributed by atoms with van der Waals surface area (Å²) in [5.41, 5.74) is 6.29. The van der Waals surface area contributed by atoms with Crippen LogP contribution < -0.4 is 25.8 Å².